The second-order valence-corrected chi connectivity index (χ2v) is 4.20. The second kappa shape index (κ2) is 4.38. The van der Waals surface area contributed by atoms with E-state index in [9.17, 15) is 5.11 Å². The maximum absolute atomic E-state index is 9.18. The minimum Gasteiger partial charge on any atom is -0.454 e. The summed E-state index contributed by atoms with van der Waals surface area (Å²) in [5, 5.41) is 9.18. The van der Waals surface area contributed by atoms with Gasteiger partial charge in [0, 0.05) is 16.9 Å². The Morgan fingerprint density at radius 1 is 1.40 bits per heavy atom. The Bertz CT molecular complexity index is 366. The normalized spacial score (nSPS) is 15.4. The van der Waals surface area contributed by atoms with Gasteiger partial charge in [-0.15, -0.1) is 0 Å². The quantitative estimate of drug-likeness (QED) is 0.869. The van der Waals surface area contributed by atoms with Crippen LogP contribution in [0.1, 0.15) is 11.5 Å². The van der Waals surface area contributed by atoms with Crippen LogP contribution in [0.3, 0.4) is 0 Å². The second-order valence-electron chi connectivity index (χ2n) is 3.34. The van der Waals surface area contributed by atoms with Crippen LogP contribution in [-0.2, 0) is 0 Å². The Labute approximate surface area is 96.1 Å². The van der Waals surface area contributed by atoms with Gasteiger partial charge in [0.25, 0.3) is 0 Å². The van der Waals surface area contributed by atoms with Crippen LogP contribution < -0.4 is 15.2 Å². The van der Waals surface area contributed by atoms with Crippen molar-refractivity contribution in [2.24, 2.45) is 5.73 Å². The standard InChI is InChI=1S/C10H12BrNO3/c11-8-2-10-9(14-5-15-10)1-7(8)6(3-12)4-13/h1-2,6,13H,3-5,12H2. The first-order chi connectivity index (χ1) is 7.26. The van der Waals surface area contributed by atoms with E-state index in [4.69, 9.17) is 15.2 Å². The van der Waals surface area contributed by atoms with Gasteiger partial charge in [0.2, 0.25) is 6.79 Å². The van der Waals surface area contributed by atoms with E-state index >= 15 is 0 Å². The molecule has 0 bridgehead atoms. The van der Waals surface area contributed by atoms with E-state index in [1.165, 1.54) is 0 Å². The highest BCUT2D eigenvalue weighted by atomic mass is 79.9. The molecule has 1 aliphatic rings. The summed E-state index contributed by atoms with van der Waals surface area (Å²) in [6, 6.07) is 3.70. The van der Waals surface area contributed by atoms with E-state index in [2.05, 4.69) is 15.9 Å². The van der Waals surface area contributed by atoms with Gasteiger partial charge >= 0.3 is 0 Å². The van der Waals surface area contributed by atoms with Crippen molar-refractivity contribution in [1.29, 1.82) is 0 Å². The molecule has 1 aliphatic heterocycles. The fraction of sp³-hybridized carbons (Fsp3) is 0.400. The lowest BCUT2D eigenvalue weighted by Gasteiger charge is -2.14. The van der Waals surface area contributed by atoms with Gasteiger partial charge in [-0.3, -0.25) is 0 Å². The van der Waals surface area contributed by atoms with Crippen molar-refractivity contribution in [3.05, 3.63) is 22.2 Å². The Balaban J connectivity index is 2.39. The van der Waals surface area contributed by atoms with E-state index in [1.807, 2.05) is 12.1 Å². The third-order valence-corrected chi connectivity index (χ3v) is 3.12. The summed E-state index contributed by atoms with van der Waals surface area (Å²) in [6.07, 6.45) is 0. The molecule has 1 heterocycles. The fourth-order valence-corrected chi connectivity index (χ4v) is 2.19. The summed E-state index contributed by atoms with van der Waals surface area (Å²) < 4.78 is 11.4. The minimum absolute atomic E-state index is 0.0226. The zero-order chi connectivity index (χ0) is 10.8. The molecule has 0 aliphatic carbocycles. The van der Waals surface area contributed by atoms with E-state index in [-0.39, 0.29) is 19.3 Å². The summed E-state index contributed by atoms with van der Waals surface area (Å²) in [5.74, 6) is 1.35. The largest absolute Gasteiger partial charge is 0.454 e. The van der Waals surface area contributed by atoms with Gasteiger partial charge in [-0.1, -0.05) is 15.9 Å². The first-order valence-corrected chi connectivity index (χ1v) is 5.45. The first-order valence-electron chi connectivity index (χ1n) is 4.66. The lowest BCUT2D eigenvalue weighted by atomic mass is 10.00. The van der Waals surface area contributed by atoms with Gasteiger partial charge in [-0.2, -0.15) is 0 Å². The molecule has 5 heteroatoms. The highest BCUT2D eigenvalue weighted by Gasteiger charge is 2.20. The van der Waals surface area contributed by atoms with Crippen LogP contribution in [0, 0.1) is 0 Å². The van der Waals surface area contributed by atoms with Crippen LogP contribution in [-0.4, -0.2) is 25.1 Å². The average molecular weight is 274 g/mol. The Kier molecular flexibility index (Phi) is 3.14. The molecule has 82 valence electrons. The number of rotatable bonds is 3. The average Bonchev–Trinajstić information content (AvgIpc) is 2.67. The predicted octanol–water partition coefficient (Wildman–Crippen LogP) is 1.21. The number of hydrogen-bond acceptors (Lipinski definition) is 4. The lowest BCUT2D eigenvalue weighted by molar-refractivity contribution is 0.174. The van der Waals surface area contributed by atoms with E-state index in [1.54, 1.807) is 0 Å². The van der Waals surface area contributed by atoms with Gasteiger partial charge in [0.05, 0.1) is 6.61 Å². The number of aliphatic hydroxyl groups is 1. The summed E-state index contributed by atoms with van der Waals surface area (Å²) in [4.78, 5) is 0. The number of ether oxygens (including phenoxy) is 2. The topological polar surface area (TPSA) is 64.7 Å². The number of nitrogens with two attached hydrogens (primary N) is 1. The van der Waals surface area contributed by atoms with Crippen molar-refractivity contribution >= 4 is 15.9 Å². The van der Waals surface area contributed by atoms with Gasteiger partial charge in [0.15, 0.2) is 11.5 Å². The van der Waals surface area contributed by atoms with Gasteiger partial charge in [-0.25, -0.2) is 0 Å². The summed E-state index contributed by atoms with van der Waals surface area (Å²) >= 11 is 3.43. The van der Waals surface area contributed by atoms with Crippen LogP contribution in [0.5, 0.6) is 11.5 Å². The zero-order valence-corrected chi connectivity index (χ0v) is 9.66. The van der Waals surface area contributed by atoms with Gasteiger partial charge in [-0.05, 0) is 17.7 Å². The first kappa shape index (κ1) is 10.7. The molecule has 0 radical (unpaired) electrons. The maximum atomic E-state index is 9.18. The Morgan fingerprint density at radius 3 is 2.67 bits per heavy atom. The van der Waals surface area contributed by atoms with Crippen LogP contribution >= 0.6 is 15.9 Å². The van der Waals surface area contributed by atoms with Crippen molar-refractivity contribution in [2.45, 2.75) is 5.92 Å². The number of benzene rings is 1. The molecule has 0 fully saturated rings. The highest BCUT2D eigenvalue weighted by Crippen LogP contribution is 2.39. The van der Waals surface area contributed by atoms with Gasteiger partial charge in [0.1, 0.15) is 0 Å². The van der Waals surface area contributed by atoms with E-state index in [0.717, 1.165) is 15.8 Å². The molecule has 1 atom stereocenters. The molecule has 15 heavy (non-hydrogen) atoms. The molecule has 0 aromatic heterocycles. The predicted molar refractivity (Wildman–Crippen MR) is 59.1 cm³/mol. The van der Waals surface area contributed by atoms with Crippen molar-refractivity contribution in [3.63, 3.8) is 0 Å². The number of hydrogen-bond donors (Lipinski definition) is 2. The third kappa shape index (κ3) is 1.95. The molecule has 0 saturated heterocycles. The monoisotopic (exact) mass is 273 g/mol. The fourth-order valence-electron chi connectivity index (χ4n) is 1.55. The summed E-state index contributed by atoms with van der Waals surface area (Å²) in [7, 11) is 0. The molecule has 2 rings (SSSR count). The minimum atomic E-state index is -0.0751. The Hall–Kier alpha value is -0.780. The Morgan fingerprint density at radius 2 is 2.07 bits per heavy atom. The molecular formula is C10H12BrNO3. The van der Waals surface area contributed by atoms with Crippen LogP contribution in [0.15, 0.2) is 16.6 Å². The highest BCUT2D eigenvalue weighted by molar-refractivity contribution is 9.10. The molecule has 3 N–H and O–H groups in total. The van der Waals surface area contributed by atoms with Crippen molar-refractivity contribution in [3.8, 4) is 11.5 Å². The third-order valence-electron chi connectivity index (χ3n) is 2.44. The van der Waals surface area contributed by atoms with Crippen molar-refractivity contribution in [1.82, 2.24) is 0 Å². The smallest absolute Gasteiger partial charge is 0.231 e. The van der Waals surface area contributed by atoms with Crippen molar-refractivity contribution in [2.75, 3.05) is 19.9 Å². The molecule has 0 saturated carbocycles. The molecule has 1 aromatic rings. The zero-order valence-electron chi connectivity index (χ0n) is 8.07. The number of aliphatic hydroxyl groups excluding tert-OH is 1. The molecule has 0 amide bonds. The molecule has 4 nitrogen and oxygen atoms in total. The van der Waals surface area contributed by atoms with Gasteiger partial charge < -0.3 is 20.3 Å². The summed E-state index contributed by atoms with van der Waals surface area (Å²) in [5.41, 5.74) is 6.52. The summed E-state index contributed by atoms with van der Waals surface area (Å²) in [6.45, 7) is 0.668. The lowest BCUT2D eigenvalue weighted by Crippen LogP contribution is -2.16. The molecule has 1 unspecified atom stereocenters. The van der Waals surface area contributed by atoms with Crippen LogP contribution in [0.2, 0.25) is 0 Å². The van der Waals surface area contributed by atoms with E-state index < -0.39 is 0 Å². The maximum Gasteiger partial charge on any atom is 0.231 e. The van der Waals surface area contributed by atoms with Crippen LogP contribution in [0.25, 0.3) is 0 Å². The number of halogens is 1. The van der Waals surface area contributed by atoms with Crippen molar-refractivity contribution < 1.29 is 14.6 Å². The molecular weight excluding hydrogens is 262 g/mol. The number of fused-ring (bicyclic) bond motifs is 1. The van der Waals surface area contributed by atoms with Crippen LogP contribution in [0.4, 0.5) is 0 Å². The molecule has 1 aromatic carbocycles. The molecule has 0 spiro atoms. The SMILES string of the molecule is NCC(CO)c1cc2c(cc1Br)OCO2. The van der Waals surface area contributed by atoms with E-state index in [0.29, 0.717) is 12.3 Å².